The van der Waals surface area contributed by atoms with E-state index in [1.165, 1.54) is 12.4 Å². The van der Waals surface area contributed by atoms with Crippen molar-refractivity contribution >= 4 is 11.9 Å². The van der Waals surface area contributed by atoms with E-state index in [1.807, 2.05) is 0 Å². The number of imidazole rings is 1. The molecule has 7 nitrogen and oxygen atoms in total. The van der Waals surface area contributed by atoms with Crippen LogP contribution in [0, 0.1) is 5.41 Å². The van der Waals surface area contributed by atoms with Crippen LogP contribution < -0.4 is 10.6 Å². The second-order valence-corrected chi connectivity index (χ2v) is 6.49. The molecule has 9 heteroatoms. The van der Waals surface area contributed by atoms with Crippen molar-refractivity contribution in [3.63, 3.8) is 0 Å². The maximum Gasteiger partial charge on any atom is 0.319 e. The molecule has 1 aromatic heterocycles. The number of alkyl halides is 2. The predicted octanol–water partition coefficient (Wildman–Crippen LogP) is 1.59. The molecule has 0 aromatic carbocycles. The maximum absolute atomic E-state index is 12.8. The van der Waals surface area contributed by atoms with Gasteiger partial charge in [-0.3, -0.25) is 14.4 Å². The van der Waals surface area contributed by atoms with Crippen LogP contribution in [-0.4, -0.2) is 54.0 Å². The Labute approximate surface area is 146 Å². The highest BCUT2D eigenvalue weighted by atomic mass is 19.3. The summed E-state index contributed by atoms with van der Waals surface area (Å²) in [5.41, 5.74) is -0.428. The average molecular weight is 356 g/mol. The van der Waals surface area contributed by atoms with E-state index in [0.29, 0.717) is 12.5 Å². The highest BCUT2D eigenvalue weighted by molar-refractivity contribution is 5.85. The Morgan fingerprint density at radius 2 is 2.08 bits per heavy atom. The van der Waals surface area contributed by atoms with E-state index < -0.39 is 12.0 Å². The van der Waals surface area contributed by atoms with Crippen molar-refractivity contribution in [2.45, 2.75) is 38.8 Å². The average Bonchev–Trinajstić information content (AvgIpc) is 3.24. The third kappa shape index (κ3) is 4.46. The Kier molecular flexibility index (Phi) is 6.33. The smallest absolute Gasteiger partial charge is 0.319 e. The Morgan fingerprint density at radius 3 is 2.64 bits per heavy atom. The number of nitrogens with one attached hydrogen (secondary N) is 2. The van der Waals surface area contributed by atoms with Crippen LogP contribution in [0.4, 0.5) is 8.78 Å². The minimum atomic E-state index is -2.63. The summed E-state index contributed by atoms with van der Waals surface area (Å²) in [4.78, 5) is 22.2. The van der Waals surface area contributed by atoms with Gasteiger partial charge in [-0.15, -0.1) is 0 Å². The number of hydrogen-bond acceptors (Lipinski definition) is 3. The summed E-state index contributed by atoms with van der Waals surface area (Å²) >= 11 is 0. The van der Waals surface area contributed by atoms with Crippen molar-refractivity contribution in [3.8, 4) is 0 Å². The van der Waals surface area contributed by atoms with Gasteiger partial charge in [0.1, 0.15) is 5.82 Å². The summed E-state index contributed by atoms with van der Waals surface area (Å²) in [6, 6.07) is 0. The van der Waals surface area contributed by atoms with Crippen LogP contribution in [0.3, 0.4) is 0 Å². The van der Waals surface area contributed by atoms with Gasteiger partial charge in [0, 0.05) is 40.1 Å². The summed E-state index contributed by atoms with van der Waals surface area (Å²) in [6.45, 7) is -2.05. The molecule has 1 fully saturated rings. The topological polar surface area (TPSA) is 74.5 Å². The van der Waals surface area contributed by atoms with Gasteiger partial charge in [0.2, 0.25) is 5.91 Å². The summed E-state index contributed by atoms with van der Waals surface area (Å²) in [6.07, 6.45) is 6.30. The van der Waals surface area contributed by atoms with Crippen LogP contribution in [0.25, 0.3) is 0 Å². The van der Waals surface area contributed by atoms with Crippen molar-refractivity contribution < 1.29 is 13.6 Å². The zero-order chi connectivity index (χ0) is 18.4. The van der Waals surface area contributed by atoms with Gasteiger partial charge in [-0.25, -0.2) is 4.98 Å². The third-order valence-corrected chi connectivity index (χ3v) is 4.61. The number of halogens is 2. The minimum Gasteiger partial charge on any atom is -0.355 e. The molecule has 1 amide bonds. The van der Waals surface area contributed by atoms with Crippen LogP contribution in [-0.2, 0) is 11.3 Å². The Balaban J connectivity index is 1.95. The summed E-state index contributed by atoms with van der Waals surface area (Å²) < 4.78 is 26.5. The molecule has 2 N–H and O–H groups in total. The van der Waals surface area contributed by atoms with Crippen molar-refractivity contribution in [2.24, 2.45) is 10.4 Å². The summed E-state index contributed by atoms with van der Waals surface area (Å²) in [5, 5.41) is 6.14. The molecule has 0 bridgehead atoms. The fourth-order valence-electron chi connectivity index (χ4n) is 3.29. The highest BCUT2D eigenvalue weighted by Gasteiger charge is 2.42. The van der Waals surface area contributed by atoms with Gasteiger partial charge in [-0.2, -0.15) is 8.78 Å². The van der Waals surface area contributed by atoms with E-state index in [-0.39, 0.29) is 18.3 Å². The van der Waals surface area contributed by atoms with E-state index in [4.69, 9.17) is 0 Å². The lowest BCUT2D eigenvalue weighted by molar-refractivity contribution is -0.138. The lowest BCUT2D eigenvalue weighted by Crippen LogP contribution is -2.49. The number of amides is 1. The van der Waals surface area contributed by atoms with E-state index in [0.717, 1.165) is 30.3 Å². The first-order chi connectivity index (χ1) is 11.9. The molecule has 0 spiro atoms. The number of carbonyl (C=O) groups excluding carboxylic acids is 1. The Hall–Kier alpha value is -2.19. The molecule has 25 heavy (non-hydrogen) atoms. The zero-order valence-electron chi connectivity index (χ0n) is 14.9. The fourth-order valence-corrected chi connectivity index (χ4v) is 3.29. The van der Waals surface area contributed by atoms with E-state index >= 15 is 0 Å². The number of guanidine groups is 1. The van der Waals surface area contributed by atoms with Crippen molar-refractivity contribution in [1.29, 1.82) is 0 Å². The monoisotopic (exact) mass is 356 g/mol. The summed E-state index contributed by atoms with van der Waals surface area (Å²) in [5.74, 6) is 0.792. The Morgan fingerprint density at radius 1 is 1.40 bits per heavy atom. The van der Waals surface area contributed by atoms with Gasteiger partial charge in [0.15, 0.2) is 5.96 Å². The molecule has 0 aliphatic heterocycles. The molecule has 1 aliphatic rings. The number of rotatable bonds is 6. The molecule has 0 atom stereocenters. The lowest BCUT2D eigenvalue weighted by Gasteiger charge is -2.31. The number of aromatic nitrogens is 2. The van der Waals surface area contributed by atoms with Crippen molar-refractivity contribution in [1.82, 2.24) is 25.1 Å². The first-order valence-electron chi connectivity index (χ1n) is 8.36. The number of hydrogen-bond donors (Lipinski definition) is 2. The van der Waals surface area contributed by atoms with E-state index in [2.05, 4.69) is 20.6 Å². The van der Waals surface area contributed by atoms with Gasteiger partial charge in [-0.05, 0) is 12.8 Å². The first-order valence-corrected chi connectivity index (χ1v) is 8.36. The Bertz CT molecular complexity index is 608. The standard InChI is InChI=1S/C16H26F2N6O/c1-19-15(21-10-12-20-8-9-24(12)14(17)18)22-11-16(6-4-5-7-16)13(25)23(2)3/h8-9,14H,4-7,10-11H2,1-3H3,(H2,19,21,22). The van der Waals surface area contributed by atoms with Gasteiger partial charge in [-0.1, -0.05) is 12.8 Å². The minimum absolute atomic E-state index is 0.112. The van der Waals surface area contributed by atoms with Crippen LogP contribution >= 0.6 is 0 Å². The second-order valence-electron chi connectivity index (χ2n) is 6.49. The van der Waals surface area contributed by atoms with Gasteiger partial charge >= 0.3 is 6.55 Å². The molecule has 0 radical (unpaired) electrons. The predicted molar refractivity (Wildman–Crippen MR) is 91.3 cm³/mol. The third-order valence-electron chi connectivity index (χ3n) is 4.61. The van der Waals surface area contributed by atoms with Crippen LogP contribution in [0.15, 0.2) is 17.4 Å². The van der Waals surface area contributed by atoms with Gasteiger partial charge in [0.05, 0.1) is 12.0 Å². The van der Waals surface area contributed by atoms with Gasteiger partial charge in [0.25, 0.3) is 0 Å². The maximum atomic E-state index is 12.8. The van der Waals surface area contributed by atoms with E-state index in [9.17, 15) is 13.6 Å². The summed E-state index contributed by atoms with van der Waals surface area (Å²) in [7, 11) is 5.13. The number of nitrogens with zero attached hydrogens (tertiary/aromatic N) is 4. The molecule has 1 aliphatic carbocycles. The molecule has 1 heterocycles. The molecular weight excluding hydrogens is 330 g/mol. The van der Waals surface area contributed by atoms with Crippen molar-refractivity contribution in [2.75, 3.05) is 27.7 Å². The van der Waals surface area contributed by atoms with Crippen molar-refractivity contribution in [3.05, 3.63) is 18.2 Å². The second kappa shape index (κ2) is 8.26. The normalized spacial score (nSPS) is 17.0. The van der Waals surface area contributed by atoms with E-state index in [1.54, 1.807) is 26.0 Å². The van der Waals surface area contributed by atoms with Crippen LogP contribution in [0.1, 0.15) is 38.1 Å². The lowest BCUT2D eigenvalue weighted by atomic mass is 9.84. The SMILES string of the molecule is CN=C(NCc1nccn1C(F)F)NCC1(C(=O)N(C)C)CCCC1. The van der Waals surface area contributed by atoms with Crippen LogP contribution in [0.5, 0.6) is 0 Å². The molecule has 1 aromatic rings. The highest BCUT2D eigenvalue weighted by Crippen LogP contribution is 2.38. The fraction of sp³-hybridized carbons (Fsp3) is 0.688. The quantitative estimate of drug-likeness (QED) is 0.600. The number of carbonyl (C=O) groups is 1. The molecule has 1 saturated carbocycles. The molecular formula is C16H26F2N6O. The van der Waals surface area contributed by atoms with Gasteiger partial charge < -0.3 is 15.5 Å². The first kappa shape index (κ1) is 19.1. The van der Waals surface area contributed by atoms with Crippen LogP contribution in [0.2, 0.25) is 0 Å². The molecule has 2 rings (SSSR count). The largest absolute Gasteiger partial charge is 0.355 e. The number of aliphatic imine (C=N–C) groups is 1. The molecule has 140 valence electrons. The molecule has 0 saturated heterocycles. The zero-order valence-corrected chi connectivity index (χ0v) is 14.9. The molecule has 0 unspecified atom stereocenters.